The van der Waals surface area contributed by atoms with Gasteiger partial charge in [-0.25, -0.2) is 0 Å². The molecular weight excluding hydrogens is 198 g/mol. The number of nitrogens with two attached hydrogens (primary N) is 1. The quantitative estimate of drug-likeness (QED) is 0.782. The standard InChI is InChI=1S/C13H27N3/c1-3-16-9-4-7-13(11-14,8-10-16)15(2)12-5-6-12/h12H,3-11,14H2,1-2H3. The highest BCUT2D eigenvalue weighted by Gasteiger charge is 2.41. The van der Waals surface area contributed by atoms with E-state index in [2.05, 4.69) is 23.8 Å². The van der Waals surface area contributed by atoms with Crippen LogP contribution in [0.4, 0.5) is 0 Å². The molecule has 1 heterocycles. The number of nitrogens with zero attached hydrogens (tertiary/aromatic N) is 2. The molecule has 2 rings (SSSR count). The first-order valence-corrected chi connectivity index (χ1v) is 6.87. The van der Waals surface area contributed by atoms with Crippen LogP contribution in [0.2, 0.25) is 0 Å². The maximum Gasteiger partial charge on any atom is 0.0344 e. The largest absolute Gasteiger partial charge is 0.329 e. The fraction of sp³-hybridized carbons (Fsp3) is 1.00. The molecular formula is C13H27N3. The lowest BCUT2D eigenvalue weighted by Crippen LogP contribution is -2.53. The SMILES string of the molecule is CCN1CCCC(CN)(N(C)C2CC2)CC1. The number of hydrogen-bond donors (Lipinski definition) is 1. The fourth-order valence-corrected chi connectivity index (χ4v) is 3.10. The molecule has 3 heteroatoms. The van der Waals surface area contributed by atoms with E-state index in [-0.39, 0.29) is 0 Å². The Balaban J connectivity index is 2.02. The van der Waals surface area contributed by atoms with Gasteiger partial charge in [-0.3, -0.25) is 4.90 Å². The van der Waals surface area contributed by atoms with Gasteiger partial charge in [-0.2, -0.15) is 0 Å². The molecule has 1 aliphatic carbocycles. The van der Waals surface area contributed by atoms with Gasteiger partial charge >= 0.3 is 0 Å². The molecule has 1 unspecified atom stereocenters. The minimum atomic E-state index is 0.297. The van der Waals surface area contributed by atoms with Gasteiger partial charge in [0, 0.05) is 18.1 Å². The minimum absolute atomic E-state index is 0.297. The van der Waals surface area contributed by atoms with Crippen LogP contribution in [0.25, 0.3) is 0 Å². The van der Waals surface area contributed by atoms with Crippen LogP contribution in [0.15, 0.2) is 0 Å². The summed E-state index contributed by atoms with van der Waals surface area (Å²) in [7, 11) is 2.30. The third-order valence-corrected chi connectivity index (χ3v) is 4.68. The molecule has 1 atom stereocenters. The van der Waals surface area contributed by atoms with Crippen molar-refractivity contribution in [1.29, 1.82) is 0 Å². The van der Waals surface area contributed by atoms with Crippen molar-refractivity contribution in [2.24, 2.45) is 5.73 Å². The van der Waals surface area contributed by atoms with E-state index in [0.717, 1.165) is 12.6 Å². The molecule has 16 heavy (non-hydrogen) atoms. The maximum atomic E-state index is 6.10. The Labute approximate surface area is 100.0 Å². The summed E-state index contributed by atoms with van der Waals surface area (Å²) in [6.07, 6.45) is 6.62. The van der Waals surface area contributed by atoms with E-state index in [9.17, 15) is 0 Å². The van der Waals surface area contributed by atoms with Gasteiger partial charge in [-0.1, -0.05) is 6.92 Å². The zero-order valence-corrected chi connectivity index (χ0v) is 10.9. The second kappa shape index (κ2) is 5.03. The molecule has 0 aromatic heterocycles. The van der Waals surface area contributed by atoms with Crippen molar-refractivity contribution in [3.05, 3.63) is 0 Å². The average Bonchev–Trinajstić information content (AvgIpc) is 3.14. The maximum absolute atomic E-state index is 6.10. The van der Waals surface area contributed by atoms with Crippen molar-refractivity contribution in [1.82, 2.24) is 9.80 Å². The minimum Gasteiger partial charge on any atom is -0.329 e. The summed E-state index contributed by atoms with van der Waals surface area (Å²) in [5.74, 6) is 0. The van der Waals surface area contributed by atoms with Crippen molar-refractivity contribution in [3.8, 4) is 0 Å². The van der Waals surface area contributed by atoms with E-state index in [1.165, 1.54) is 51.7 Å². The zero-order chi connectivity index (χ0) is 11.6. The number of likely N-dealkylation sites (tertiary alicyclic amines) is 1. The van der Waals surface area contributed by atoms with E-state index in [0.29, 0.717) is 5.54 Å². The molecule has 1 aliphatic heterocycles. The Bertz CT molecular complexity index is 227. The summed E-state index contributed by atoms with van der Waals surface area (Å²) in [5, 5.41) is 0. The molecule has 0 aromatic carbocycles. The second-order valence-corrected chi connectivity index (χ2v) is 5.56. The smallest absolute Gasteiger partial charge is 0.0344 e. The Morgan fingerprint density at radius 3 is 2.62 bits per heavy atom. The molecule has 0 spiro atoms. The fourth-order valence-electron chi connectivity index (χ4n) is 3.10. The summed E-state index contributed by atoms with van der Waals surface area (Å²) < 4.78 is 0. The third kappa shape index (κ3) is 2.41. The van der Waals surface area contributed by atoms with Crippen LogP contribution in [-0.2, 0) is 0 Å². The Kier molecular flexibility index (Phi) is 3.88. The van der Waals surface area contributed by atoms with Crippen molar-refractivity contribution < 1.29 is 0 Å². The first kappa shape index (κ1) is 12.3. The van der Waals surface area contributed by atoms with E-state index in [1.54, 1.807) is 0 Å². The highest BCUT2D eigenvalue weighted by Crippen LogP contribution is 2.36. The Morgan fingerprint density at radius 1 is 1.31 bits per heavy atom. The van der Waals surface area contributed by atoms with E-state index < -0.39 is 0 Å². The molecule has 2 aliphatic rings. The van der Waals surface area contributed by atoms with Crippen molar-refractivity contribution in [3.63, 3.8) is 0 Å². The predicted molar refractivity (Wildman–Crippen MR) is 68.5 cm³/mol. The predicted octanol–water partition coefficient (Wildman–Crippen LogP) is 1.28. The third-order valence-electron chi connectivity index (χ3n) is 4.68. The van der Waals surface area contributed by atoms with Crippen molar-refractivity contribution in [2.45, 2.75) is 50.6 Å². The normalized spacial score (nSPS) is 33.0. The first-order valence-electron chi connectivity index (χ1n) is 6.87. The van der Waals surface area contributed by atoms with Gasteiger partial charge < -0.3 is 10.6 Å². The number of hydrogen-bond acceptors (Lipinski definition) is 3. The lowest BCUT2D eigenvalue weighted by Gasteiger charge is -2.41. The van der Waals surface area contributed by atoms with E-state index >= 15 is 0 Å². The molecule has 1 saturated heterocycles. The second-order valence-electron chi connectivity index (χ2n) is 5.56. The zero-order valence-electron chi connectivity index (χ0n) is 10.9. The Hall–Kier alpha value is -0.120. The van der Waals surface area contributed by atoms with Crippen LogP contribution in [-0.4, -0.2) is 54.6 Å². The monoisotopic (exact) mass is 225 g/mol. The number of likely N-dealkylation sites (N-methyl/N-ethyl adjacent to an activating group) is 1. The molecule has 1 saturated carbocycles. The topological polar surface area (TPSA) is 32.5 Å². The average molecular weight is 225 g/mol. The Morgan fingerprint density at radius 2 is 2.06 bits per heavy atom. The molecule has 2 fully saturated rings. The van der Waals surface area contributed by atoms with Crippen molar-refractivity contribution >= 4 is 0 Å². The van der Waals surface area contributed by atoms with Crippen LogP contribution in [0, 0.1) is 0 Å². The summed E-state index contributed by atoms with van der Waals surface area (Å²) in [6.45, 7) is 6.77. The lowest BCUT2D eigenvalue weighted by molar-refractivity contribution is 0.0989. The summed E-state index contributed by atoms with van der Waals surface area (Å²) in [5.41, 5.74) is 6.40. The summed E-state index contributed by atoms with van der Waals surface area (Å²) in [6, 6.07) is 0.830. The summed E-state index contributed by atoms with van der Waals surface area (Å²) in [4.78, 5) is 5.17. The van der Waals surface area contributed by atoms with Gasteiger partial charge in [0.15, 0.2) is 0 Å². The van der Waals surface area contributed by atoms with Crippen LogP contribution < -0.4 is 5.73 Å². The van der Waals surface area contributed by atoms with Gasteiger partial charge in [0.1, 0.15) is 0 Å². The molecule has 94 valence electrons. The van der Waals surface area contributed by atoms with Crippen LogP contribution in [0.5, 0.6) is 0 Å². The molecule has 0 radical (unpaired) electrons. The summed E-state index contributed by atoms with van der Waals surface area (Å²) >= 11 is 0. The van der Waals surface area contributed by atoms with Gasteiger partial charge in [-0.15, -0.1) is 0 Å². The van der Waals surface area contributed by atoms with E-state index in [4.69, 9.17) is 5.73 Å². The molecule has 0 bridgehead atoms. The molecule has 0 amide bonds. The van der Waals surface area contributed by atoms with Crippen LogP contribution in [0.3, 0.4) is 0 Å². The van der Waals surface area contributed by atoms with Gasteiger partial charge in [0.2, 0.25) is 0 Å². The van der Waals surface area contributed by atoms with Crippen LogP contribution in [0.1, 0.15) is 39.0 Å². The van der Waals surface area contributed by atoms with Gasteiger partial charge in [-0.05, 0) is 58.8 Å². The van der Waals surface area contributed by atoms with E-state index in [1.807, 2.05) is 0 Å². The first-order chi connectivity index (χ1) is 7.72. The van der Waals surface area contributed by atoms with Crippen LogP contribution >= 0.6 is 0 Å². The van der Waals surface area contributed by atoms with Crippen molar-refractivity contribution in [2.75, 3.05) is 33.2 Å². The molecule has 2 N–H and O–H groups in total. The molecule has 0 aromatic rings. The van der Waals surface area contributed by atoms with Gasteiger partial charge in [0.25, 0.3) is 0 Å². The highest BCUT2D eigenvalue weighted by molar-refractivity contribution is 4.99. The lowest BCUT2D eigenvalue weighted by atomic mass is 9.88. The number of rotatable bonds is 4. The highest BCUT2D eigenvalue weighted by atomic mass is 15.2. The molecule has 3 nitrogen and oxygen atoms in total. The van der Waals surface area contributed by atoms with Gasteiger partial charge in [0.05, 0.1) is 0 Å².